The van der Waals surface area contributed by atoms with E-state index in [1.54, 1.807) is 4.52 Å². The van der Waals surface area contributed by atoms with Crippen LogP contribution in [0.15, 0.2) is 18.3 Å². The standard InChI is InChI=1S/C10H14N4/c1-8-4-6-14-10(7-8)12-9(13-14)3-2-5-11/h4,6-7H,2-3,5,11H2,1H3. The third-order valence-electron chi connectivity index (χ3n) is 2.14. The molecule has 0 saturated carbocycles. The Morgan fingerprint density at radius 2 is 2.36 bits per heavy atom. The number of nitrogens with zero attached hydrogens (tertiary/aromatic N) is 3. The Labute approximate surface area is 82.8 Å². The SMILES string of the molecule is Cc1ccn2nc(CCCN)nc2c1. The molecule has 2 aromatic rings. The quantitative estimate of drug-likeness (QED) is 0.783. The van der Waals surface area contributed by atoms with Crippen molar-refractivity contribution in [2.75, 3.05) is 6.54 Å². The lowest BCUT2D eigenvalue weighted by atomic mass is 10.3. The van der Waals surface area contributed by atoms with Crippen LogP contribution >= 0.6 is 0 Å². The fraction of sp³-hybridized carbons (Fsp3) is 0.400. The van der Waals surface area contributed by atoms with Crippen LogP contribution in [0.5, 0.6) is 0 Å². The summed E-state index contributed by atoms with van der Waals surface area (Å²) in [7, 11) is 0. The Balaban J connectivity index is 2.32. The van der Waals surface area contributed by atoms with Crippen molar-refractivity contribution in [1.29, 1.82) is 0 Å². The average molecular weight is 190 g/mol. The first-order valence-corrected chi connectivity index (χ1v) is 4.81. The Kier molecular flexibility index (Phi) is 2.45. The smallest absolute Gasteiger partial charge is 0.155 e. The number of fused-ring (bicyclic) bond motifs is 1. The number of rotatable bonds is 3. The van der Waals surface area contributed by atoms with Gasteiger partial charge < -0.3 is 5.73 Å². The molecular formula is C10H14N4. The van der Waals surface area contributed by atoms with Crippen LogP contribution in [0.3, 0.4) is 0 Å². The molecule has 2 heterocycles. The van der Waals surface area contributed by atoms with Gasteiger partial charge in [0.15, 0.2) is 11.5 Å². The highest BCUT2D eigenvalue weighted by atomic mass is 15.3. The molecule has 2 rings (SSSR count). The molecule has 0 saturated heterocycles. The Bertz CT molecular complexity index is 433. The predicted octanol–water partition coefficient (Wildman–Crippen LogP) is 0.929. The number of aryl methyl sites for hydroxylation is 2. The van der Waals surface area contributed by atoms with Crippen molar-refractivity contribution in [3.8, 4) is 0 Å². The molecule has 4 nitrogen and oxygen atoms in total. The molecule has 2 aromatic heterocycles. The first kappa shape index (κ1) is 9.15. The van der Waals surface area contributed by atoms with Crippen molar-refractivity contribution >= 4 is 5.65 Å². The summed E-state index contributed by atoms with van der Waals surface area (Å²) in [5.41, 5.74) is 7.55. The molecule has 0 bridgehead atoms. The van der Waals surface area contributed by atoms with Gasteiger partial charge in [0.05, 0.1) is 0 Å². The van der Waals surface area contributed by atoms with E-state index in [0.717, 1.165) is 24.3 Å². The van der Waals surface area contributed by atoms with E-state index >= 15 is 0 Å². The van der Waals surface area contributed by atoms with Crippen molar-refractivity contribution in [2.45, 2.75) is 19.8 Å². The minimum Gasteiger partial charge on any atom is -0.330 e. The molecule has 0 aliphatic carbocycles. The normalized spacial score (nSPS) is 11.0. The van der Waals surface area contributed by atoms with Crippen LogP contribution in [0.1, 0.15) is 17.8 Å². The average Bonchev–Trinajstić information content (AvgIpc) is 2.56. The number of aromatic nitrogens is 3. The van der Waals surface area contributed by atoms with Gasteiger partial charge in [0.2, 0.25) is 0 Å². The largest absolute Gasteiger partial charge is 0.330 e. The molecule has 0 spiro atoms. The van der Waals surface area contributed by atoms with Gasteiger partial charge in [-0.05, 0) is 37.6 Å². The maximum absolute atomic E-state index is 5.43. The zero-order chi connectivity index (χ0) is 9.97. The third kappa shape index (κ3) is 1.75. The second kappa shape index (κ2) is 3.75. The molecule has 0 aliphatic heterocycles. The summed E-state index contributed by atoms with van der Waals surface area (Å²) in [5.74, 6) is 0.876. The van der Waals surface area contributed by atoms with Gasteiger partial charge in [0.1, 0.15) is 0 Å². The molecule has 0 aromatic carbocycles. The summed E-state index contributed by atoms with van der Waals surface area (Å²) < 4.78 is 1.80. The Hall–Kier alpha value is -1.42. The number of nitrogens with two attached hydrogens (primary N) is 1. The van der Waals surface area contributed by atoms with Crippen molar-refractivity contribution < 1.29 is 0 Å². The lowest BCUT2D eigenvalue weighted by molar-refractivity contribution is 0.774. The zero-order valence-electron chi connectivity index (χ0n) is 8.27. The Morgan fingerprint density at radius 1 is 1.50 bits per heavy atom. The monoisotopic (exact) mass is 190 g/mol. The number of pyridine rings is 1. The lowest BCUT2D eigenvalue weighted by Crippen LogP contribution is -2.01. The van der Waals surface area contributed by atoms with Crippen LogP contribution in [0, 0.1) is 6.92 Å². The minimum atomic E-state index is 0.689. The summed E-state index contributed by atoms with van der Waals surface area (Å²) in [6.45, 7) is 2.74. The lowest BCUT2D eigenvalue weighted by Gasteiger charge is -1.91. The molecule has 0 amide bonds. The van der Waals surface area contributed by atoms with Gasteiger partial charge in [-0.1, -0.05) is 0 Å². The van der Waals surface area contributed by atoms with Crippen LogP contribution in [0.4, 0.5) is 0 Å². The zero-order valence-corrected chi connectivity index (χ0v) is 8.27. The molecule has 74 valence electrons. The van der Waals surface area contributed by atoms with Gasteiger partial charge in [-0.2, -0.15) is 5.10 Å². The van der Waals surface area contributed by atoms with Crippen molar-refractivity contribution in [3.63, 3.8) is 0 Å². The molecule has 0 aliphatic rings. The van der Waals surface area contributed by atoms with E-state index in [2.05, 4.69) is 10.1 Å². The molecule has 0 unspecified atom stereocenters. The van der Waals surface area contributed by atoms with Crippen LogP contribution in [0.25, 0.3) is 5.65 Å². The van der Waals surface area contributed by atoms with Crippen molar-refractivity contribution in [3.05, 3.63) is 29.7 Å². The van der Waals surface area contributed by atoms with Gasteiger partial charge in [-0.3, -0.25) is 0 Å². The van der Waals surface area contributed by atoms with Crippen LogP contribution < -0.4 is 5.73 Å². The highest BCUT2D eigenvalue weighted by Crippen LogP contribution is 2.05. The van der Waals surface area contributed by atoms with Gasteiger partial charge >= 0.3 is 0 Å². The van der Waals surface area contributed by atoms with Gasteiger partial charge in [-0.25, -0.2) is 9.50 Å². The van der Waals surface area contributed by atoms with E-state index in [4.69, 9.17) is 5.73 Å². The fourth-order valence-corrected chi connectivity index (χ4v) is 1.40. The summed E-state index contributed by atoms with van der Waals surface area (Å²) >= 11 is 0. The van der Waals surface area contributed by atoms with Gasteiger partial charge in [0.25, 0.3) is 0 Å². The molecule has 0 fully saturated rings. The fourth-order valence-electron chi connectivity index (χ4n) is 1.40. The third-order valence-corrected chi connectivity index (χ3v) is 2.14. The number of hydrogen-bond acceptors (Lipinski definition) is 3. The molecule has 14 heavy (non-hydrogen) atoms. The molecule has 2 N–H and O–H groups in total. The minimum absolute atomic E-state index is 0.689. The second-order valence-corrected chi connectivity index (χ2v) is 3.43. The summed E-state index contributed by atoms with van der Waals surface area (Å²) in [5, 5.41) is 4.34. The first-order valence-electron chi connectivity index (χ1n) is 4.81. The van der Waals surface area contributed by atoms with E-state index in [0.29, 0.717) is 6.54 Å². The van der Waals surface area contributed by atoms with E-state index in [1.807, 2.05) is 25.3 Å². The van der Waals surface area contributed by atoms with Crippen molar-refractivity contribution in [2.24, 2.45) is 5.73 Å². The molecular weight excluding hydrogens is 176 g/mol. The maximum atomic E-state index is 5.43. The Morgan fingerprint density at radius 3 is 3.14 bits per heavy atom. The van der Waals surface area contributed by atoms with Crippen LogP contribution in [0.2, 0.25) is 0 Å². The van der Waals surface area contributed by atoms with Crippen LogP contribution in [-0.4, -0.2) is 21.1 Å². The second-order valence-electron chi connectivity index (χ2n) is 3.43. The van der Waals surface area contributed by atoms with Crippen molar-refractivity contribution in [1.82, 2.24) is 14.6 Å². The predicted molar refractivity (Wildman–Crippen MR) is 55.1 cm³/mol. The summed E-state index contributed by atoms with van der Waals surface area (Å²) in [6, 6.07) is 4.05. The highest BCUT2D eigenvalue weighted by molar-refractivity contribution is 5.39. The molecule has 0 radical (unpaired) electrons. The summed E-state index contributed by atoms with van der Waals surface area (Å²) in [6.07, 6.45) is 3.73. The molecule has 4 heteroatoms. The van der Waals surface area contributed by atoms with Crippen LogP contribution in [-0.2, 0) is 6.42 Å². The van der Waals surface area contributed by atoms with Gasteiger partial charge in [-0.15, -0.1) is 0 Å². The van der Waals surface area contributed by atoms with E-state index < -0.39 is 0 Å². The number of hydrogen-bond donors (Lipinski definition) is 1. The first-order chi connectivity index (χ1) is 6.79. The molecule has 0 atom stereocenters. The highest BCUT2D eigenvalue weighted by Gasteiger charge is 2.02. The van der Waals surface area contributed by atoms with Gasteiger partial charge in [0, 0.05) is 12.6 Å². The summed E-state index contributed by atoms with van der Waals surface area (Å²) in [4.78, 5) is 4.41. The topological polar surface area (TPSA) is 56.2 Å². The van der Waals surface area contributed by atoms with E-state index in [-0.39, 0.29) is 0 Å². The van der Waals surface area contributed by atoms with E-state index in [1.165, 1.54) is 5.56 Å². The maximum Gasteiger partial charge on any atom is 0.155 e. The van der Waals surface area contributed by atoms with E-state index in [9.17, 15) is 0 Å².